The van der Waals surface area contributed by atoms with Crippen LogP contribution in [0.15, 0.2) is 23.5 Å². The highest BCUT2D eigenvalue weighted by molar-refractivity contribution is 14.1. The summed E-state index contributed by atoms with van der Waals surface area (Å²) in [5.41, 5.74) is 2.42. The van der Waals surface area contributed by atoms with E-state index in [1.54, 1.807) is 11.3 Å². The monoisotopic (exact) mass is 341 g/mol. The van der Waals surface area contributed by atoms with E-state index < -0.39 is 0 Å². The first-order chi connectivity index (χ1) is 7.74. The highest BCUT2D eigenvalue weighted by Gasteiger charge is 2.18. The highest BCUT2D eigenvalue weighted by Crippen LogP contribution is 2.36. The Morgan fingerprint density at radius 3 is 2.75 bits per heavy atom. The lowest BCUT2D eigenvalue weighted by atomic mass is 10.2. The van der Waals surface area contributed by atoms with Crippen LogP contribution in [0.4, 0.5) is 0 Å². The molecule has 0 spiro atoms. The van der Waals surface area contributed by atoms with Crippen molar-refractivity contribution < 1.29 is 0 Å². The average Bonchev–Trinajstić information content (AvgIpc) is 2.83. The van der Waals surface area contributed by atoms with Crippen LogP contribution in [0.1, 0.15) is 16.3 Å². The number of aliphatic imine (C=N–C) groups is 1. The molecule has 0 saturated carbocycles. The molecular formula is C11H8IN3S. The molecule has 0 unspecified atom stereocenters. The quantitative estimate of drug-likeness (QED) is 0.747. The molecule has 0 aliphatic carbocycles. The lowest BCUT2D eigenvalue weighted by molar-refractivity contribution is 1.06. The third-order valence-electron chi connectivity index (χ3n) is 2.45. The summed E-state index contributed by atoms with van der Waals surface area (Å²) < 4.78 is 1.12. The molecule has 16 heavy (non-hydrogen) atoms. The lowest BCUT2D eigenvalue weighted by Crippen LogP contribution is -1.85. The topological polar surface area (TPSA) is 38.1 Å². The number of nitrogens with zero attached hydrogens (tertiary/aromatic N) is 3. The first-order valence-electron chi connectivity index (χ1n) is 4.86. The Balaban J connectivity index is 2.05. The molecule has 3 rings (SSSR count). The largest absolute Gasteiger partial charge is 0.273 e. The van der Waals surface area contributed by atoms with Gasteiger partial charge >= 0.3 is 0 Å². The maximum Gasteiger partial charge on any atom is 0.125 e. The van der Waals surface area contributed by atoms with Gasteiger partial charge in [0, 0.05) is 22.8 Å². The second kappa shape index (κ2) is 3.89. The molecule has 0 saturated heterocycles. The number of aromatic nitrogens is 2. The zero-order valence-corrected chi connectivity index (χ0v) is 11.5. The SMILES string of the molecule is Cc1ncc(-c2cc3c(s2)C(I)=NC3)cn1. The van der Waals surface area contributed by atoms with Gasteiger partial charge in [0.1, 0.15) is 9.54 Å². The maximum atomic E-state index is 4.40. The molecule has 0 fully saturated rings. The van der Waals surface area contributed by atoms with Crippen molar-refractivity contribution in [2.75, 3.05) is 0 Å². The zero-order valence-electron chi connectivity index (χ0n) is 8.57. The predicted octanol–water partition coefficient (Wildman–Crippen LogP) is 3.21. The molecule has 0 radical (unpaired) electrons. The fourth-order valence-corrected chi connectivity index (χ4v) is 3.50. The van der Waals surface area contributed by atoms with Gasteiger partial charge in [0.2, 0.25) is 0 Å². The second-order valence-corrected chi connectivity index (χ2v) is 5.67. The Morgan fingerprint density at radius 1 is 1.31 bits per heavy atom. The highest BCUT2D eigenvalue weighted by atomic mass is 127. The van der Waals surface area contributed by atoms with Crippen LogP contribution in [0.3, 0.4) is 0 Å². The van der Waals surface area contributed by atoms with Crippen molar-refractivity contribution >= 4 is 37.6 Å². The number of hydrogen-bond donors (Lipinski definition) is 0. The molecular weight excluding hydrogens is 333 g/mol. The third kappa shape index (κ3) is 1.67. The van der Waals surface area contributed by atoms with Crippen LogP contribution in [0.25, 0.3) is 10.4 Å². The third-order valence-corrected chi connectivity index (χ3v) is 4.93. The van der Waals surface area contributed by atoms with Crippen LogP contribution >= 0.6 is 33.9 Å². The number of fused-ring (bicyclic) bond motifs is 1. The fourth-order valence-electron chi connectivity index (χ4n) is 1.61. The van der Waals surface area contributed by atoms with E-state index in [-0.39, 0.29) is 0 Å². The maximum absolute atomic E-state index is 4.40. The van der Waals surface area contributed by atoms with Crippen LogP contribution in [-0.2, 0) is 6.54 Å². The molecule has 1 aliphatic rings. The molecule has 5 heteroatoms. The summed E-state index contributed by atoms with van der Waals surface area (Å²) in [6.45, 7) is 2.71. The van der Waals surface area contributed by atoms with E-state index in [2.05, 4.69) is 43.6 Å². The number of thiophene rings is 1. The van der Waals surface area contributed by atoms with Crippen LogP contribution in [0.2, 0.25) is 0 Å². The summed E-state index contributed by atoms with van der Waals surface area (Å²) in [5, 5.41) is 0. The summed E-state index contributed by atoms with van der Waals surface area (Å²) in [7, 11) is 0. The van der Waals surface area contributed by atoms with E-state index in [0.717, 1.165) is 21.7 Å². The van der Waals surface area contributed by atoms with E-state index in [1.807, 2.05) is 19.3 Å². The van der Waals surface area contributed by atoms with Gasteiger partial charge in [-0.3, -0.25) is 4.99 Å². The van der Waals surface area contributed by atoms with E-state index in [4.69, 9.17) is 0 Å². The van der Waals surface area contributed by atoms with Crippen LogP contribution in [0, 0.1) is 6.92 Å². The Hall–Kier alpha value is -0.820. The van der Waals surface area contributed by atoms with Crippen LogP contribution < -0.4 is 0 Å². The van der Waals surface area contributed by atoms with Crippen molar-refractivity contribution in [1.29, 1.82) is 0 Å². The molecule has 0 atom stereocenters. The van der Waals surface area contributed by atoms with Gasteiger partial charge in [-0.25, -0.2) is 9.97 Å². The Bertz CT molecular complexity index is 571. The summed E-state index contributed by atoms with van der Waals surface area (Å²) in [6, 6.07) is 2.20. The van der Waals surface area contributed by atoms with Gasteiger partial charge in [-0.1, -0.05) is 0 Å². The molecule has 0 amide bonds. The van der Waals surface area contributed by atoms with E-state index >= 15 is 0 Å². The molecule has 0 N–H and O–H groups in total. The molecule has 1 aliphatic heterocycles. The number of hydrogen-bond acceptors (Lipinski definition) is 4. The van der Waals surface area contributed by atoms with Crippen LogP contribution in [0.5, 0.6) is 0 Å². The summed E-state index contributed by atoms with van der Waals surface area (Å²) in [6.07, 6.45) is 3.76. The fraction of sp³-hybridized carbons (Fsp3) is 0.182. The first kappa shape index (κ1) is 10.3. The van der Waals surface area contributed by atoms with Gasteiger partial charge in [0.05, 0.1) is 11.4 Å². The summed E-state index contributed by atoms with van der Waals surface area (Å²) in [4.78, 5) is 15.4. The molecule has 0 aromatic carbocycles. The van der Waals surface area contributed by atoms with E-state index in [0.29, 0.717) is 0 Å². The van der Waals surface area contributed by atoms with Crippen molar-refractivity contribution in [2.45, 2.75) is 13.5 Å². The van der Waals surface area contributed by atoms with Gasteiger partial charge in [0.25, 0.3) is 0 Å². The summed E-state index contributed by atoms with van der Waals surface area (Å²) in [5.74, 6) is 0.809. The molecule has 3 nitrogen and oxygen atoms in total. The summed E-state index contributed by atoms with van der Waals surface area (Å²) >= 11 is 4.06. The molecule has 80 valence electrons. The minimum absolute atomic E-state index is 0.809. The van der Waals surface area contributed by atoms with Gasteiger partial charge in [0.15, 0.2) is 0 Å². The number of rotatable bonds is 1. The number of aryl methyl sites for hydroxylation is 1. The minimum Gasteiger partial charge on any atom is -0.273 e. The standard InChI is InChI=1S/C11H8IN3S/c1-6-13-4-8(5-14-6)9-2-7-3-15-11(12)10(7)16-9/h2,4-5H,3H2,1H3. The van der Waals surface area contributed by atoms with Gasteiger partial charge in [-0.15, -0.1) is 11.3 Å². The van der Waals surface area contributed by atoms with Gasteiger partial charge in [-0.05, 0) is 41.1 Å². The first-order valence-corrected chi connectivity index (χ1v) is 6.75. The van der Waals surface area contributed by atoms with Gasteiger partial charge in [-0.2, -0.15) is 0 Å². The smallest absolute Gasteiger partial charge is 0.125 e. The molecule has 3 heterocycles. The average molecular weight is 341 g/mol. The Morgan fingerprint density at radius 2 is 2.06 bits per heavy atom. The lowest BCUT2D eigenvalue weighted by Gasteiger charge is -1.96. The predicted molar refractivity (Wildman–Crippen MR) is 74.3 cm³/mol. The second-order valence-electron chi connectivity index (χ2n) is 3.59. The van der Waals surface area contributed by atoms with Crippen molar-refractivity contribution in [2.24, 2.45) is 4.99 Å². The molecule has 2 aromatic heterocycles. The normalized spacial score (nSPS) is 13.8. The van der Waals surface area contributed by atoms with Crippen LogP contribution in [-0.4, -0.2) is 13.7 Å². The Labute approximate surface area is 111 Å². The Kier molecular flexibility index (Phi) is 2.51. The van der Waals surface area contributed by atoms with Crippen molar-refractivity contribution in [3.63, 3.8) is 0 Å². The number of halogens is 1. The van der Waals surface area contributed by atoms with E-state index in [9.17, 15) is 0 Å². The van der Waals surface area contributed by atoms with Crippen molar-refractivity contribution in [3.8, 4) is 10.4 Å². The zero-order chi connectivity index (χ0) is 11.1. The molecule has 2 aromatic rings. The van der Waals surface area contributed by atoms with Crippen molar-refractivity contribution in [3.05, 3.63) is 34.7 Å². The molecule has 0 bridgehead atoms. The van der Waals surface area contributed by atoms with E-state index in [1.165, 1.54) is 15.3 Å². The minimum atomic E-state index is 0.809. The van der Waals surface area contributed by atoms with Crippen molar-refractivity contribution in [1.82, 2.24) is 9.97 Å². The van der Waals surface area contributed by atoms with Gasteiger partial charge < -0.3 is 0 Å².